The molecule has 100 valence electrons. The van der Waals surface area contributed by atoms with E-state index in [1.165, 1.54) is 27.6 Å². The summed E-state index contributed by atoms with van der Waals surface area (Å²) < 4.78 is 0. The lowest BCUT2D eigenvalue weighted by Gasteiger charge is -2.29. The third kappa shape index (κ3) is 2.42. The molecule has 1 nitrogen and oxygen atoms in total. The van der Waals surface area contributed by atoms with Gasteiger partial charge in [0.05, 0.1) is 0 Å². The van der Waals surface area contributed by atoms with Gasteiger partial charge in [0.2, 0.25) is 0 Å². The van der Waals surface area contributed by atoms with Crippen molar-refractivity contribution in [3.8, 4) is 0 Å². The fourth-order valence-electron chi connectivity index (χ4n) is 2.83. The van der Waals surface area contributed by atoms with E-state index in [9.17, 15) is 0 Å². The van der Waals surface area contributed by atoms with Gasteiger partial charge in [-0.05, 0) is 42.7 Å². The smallest absolute Gasteiger partial charge is 0.0360 e. The first kappa shape index (κ1) is 13.8. The number of nitrogens with zero attached hydrogens (tertiary/aromatic N) is 1. The third-order valence-corrected chi connectivity index (χ3v) is 4.06. The van der Waals surface area contributed by atoms with Gasteiger partial charge in [0.1, 0.15) is 0 Å². The van der Waals surface area contributed by atoms with Crippen LogP contribution < -0.4 is 0 Å². The molecule has 1 heteroatoms. The normalized spacial score (nSPS) is 13.0. The molecule has 0 saturated heterocycles. The number of benzene rings is 2. The van der Waals surface area contributed by atoms with E-state index in [1.807, 2.05) is 0 Å². The van der Waals surface area contributed by atoms with E-state index in [0.717, 1.165) is 6.54 Å². The Morgan fingerprint density at radius 3 is 2.47 bits per heavy atom. The van der Waals surface area contributed by atoms with Crippen LogP contribution in [0.5, 0.6) is 0 Å². The maximum absolute atomic E-state index is 4.64. The Labute approximate surface area is 116 Å². The Hall–Kier alpha value is -1.63. The Balaban J connectivity index is 2.74. The lowest BCUT2D eigenvalue weighted by Crippen LogP contribution is -2.28. The van der Waals surface area contributed by atoms with Crippen LogP contribution in [0.15, 0.2) is 41.4 Å². The minimum Gasteiger partial charge on any atom is -0.294 e. The van der Waals surface area contributed by atoms with E-state index in [0.29, 0.717) is 0 Å². The second-order valence-electron chi connectivity index (χ2n) is 5.66. The zero-order valence-corrected chi connectivity index (χ0v) is 12.6. The van der Waals surface area contributed by atoms with Gasteiger partial charge in [0.15, 0.2) is 0 Å². The number of aryl methyl sites for hydroxylation is 1. The molecule has 0 saturated carbocycles. The Bertz CT molecular complexity index is 621. The maximum Gasteiger partial charge on any atom is 0.0360 e. The molecule has 0 aromatic heterocycles. The first-order chi connectivity index (χ1) is 8.98. The van der Waals surface area contributed by atoms with Gasteiger partial charge in [-0.2, -0.15) is 0 Å². The highest BCUT2D eigenvalue weighted by Gasteiger charge is 2.27. The lowest BCUT2D eigenvalue weighted by molar-refractivity contribution is 0.710. The molecule has 0 fully saturated rings. The minimum atomic E-state index is -0.0268. The van der Waals surface area contributed by atoms with E-state index < -0.39 is 0 Å². The van der Waals surface area contributed by atoms with Crippen LogP contribution in [-0.4, -0.2) is 12.3 Å². The fourth-order valence-corrected chi connectivity index (χ4v) is 2.83. The summed E-state index contributed by atoms with van der Waals surface area (Å²) in [7, 11) is 0. The van der Waals surface area contributed by atoms with Crippen molar-refractivity contribution < 1.29 is 0 Å². The van der Waals surface area contributed by atoms with Crippen LogP contribution in [0, 0.1) is 6.92 Å². The van der Waals surface area contributed by atoms with Gasteiger partial charge in [-0.1, -0.05) is 50.2 Å². The molecule has 0 spiro atoms. The lowest BCUT2D eigenvalue weighted by atomic mass is 9.76. The van der Waals surface area contributed by atoms with Crippen molar-refractivity contribution in [2.24, 2.45) is 4.99 Å². The van der Waals surface area contributed by atoms with Gasteiger partial charge in [0, 0.05) is 17.7 Å². The highest BCUT2D eigenvalue weighted by molar-refractivity contribution is 5.98. The highest BCUT2D eigenvalue weighted by Crippen LogP contribution is 2.34. The van der Waals surface area contributed by atoms with Crippen LogP contribution in [0.2, 0.25) is 0 Å². The predicted molar refractivity (Wildman–Crippen MR) is 85.4 cm³/mol. The summed E-state index contributed by atoms with van der Waals surface area (Å²) in [6.07, 6.45) is 0. The summed E-state index contributed by atoms with van der Waals surface area (Å²) in [4.78, 5) is 4.64. The molecule has 2 aromatic rings. The molecule has 19 heavy (non-hydrogen) atoms. The average Bonchev–Trinajstić information content (AvgIpc) is 2.38. The molecule has 0 heterocycles. The number of rotatable bonds is 3. The summed E-state index contributed by atoms with van der Waals surface area (Å²) in [5.74, 6) is 0. The predicted octanol–water partition coefficient (Wildman–Crippen LogP) is 4.91. The fraction of sp³-hybridized carbons (Fsp3) is 0.389. The van der Waals surface area contributed by atoms with E-state index in [4.69, 9.17) is 0 Å². The number of hydrogen-bond acceptors (Lipinski definition) is 1. The molecule has 2 rings (SSSR count). The van der Waals surface area contributed by atoms with E-state index in [2.05, 4.69) is 76.0 Å². The number of fused-ring (bicyclic) bond motifs is 1. The largest absolute Gasteiger partial charge is 0.294 e. The van der Waals surface area contributed by atoms with Crippen LogP contribution in [0.3, 0.4) is 0 Å². The number of aliphatic imine (C=N–C) groups is 1. The van der Waals surface area contributed by atoms with Crippen molar-refractivity contribution in [2.45, 2.75) is 40.0 Å². The van der Waals surface area contributed by atoms with Crippen molar-refractivity contribution in [3.05, 3.63) is 47.5 Å². The van der Waals surface area contributed by atoms with Crippen molar-refractivity contribution >= 4 is 16.5 Å². The molecule has 0 unspecified atom stereocenters. The maximum atomic E-state index is 4.64. The van der Waals surface area contributed by atoms with Crippen molar-refractivity contribution in [1.82, 2.24) is 0 Å². The van der Waals surface area contributed by atoms with Crippen molar-refractivity contribution in [1.29, 1.82) is 0 Å². The average molecular weight is 253 g/mol. The van der Waals surface area contributed by atoms with Gasteiger partial charge >= 0.3 is 0 Å². The zero-order chi connectivity index (χ0) is 14.0. The monoisotopic (exact) mass is 253 g/mol. The summed E-state index contributed by atoms with van der Waals surface area (Å²) in [6, 6.07) is 13.0. The first-order valence-corrected chi connectivity index (χ1v) is 6.98. The van der Waals surface area contributed by atoms with Crippen LogP contribution in [0.25, 0.3) is 10.8 Å². The summed E-state index contributed by atoms with van der Waals surface area (Å²) in [5.41, 5.74) is 3.92. The molecule has 0 aliphatic rings. The third-order valence-electron chi connectivity index (χ3n) is 4.06. The van der Waals surface area contributed by atoms with E-state index in [-0.39, 0.29) is 5.41 Å². The van der Waals surface area contributed by atoms with Gasteiger partial charge in [-0.3, -0.25) is 4.99 Å². The molecule has 0 aliphatic carbocycles. The quantitative estimate of drug-likeness (QED) is 0.689. The molecule has 0 bridgehead atoms. The SMILES string of the molecule is CCN=C(C)C(C)(C)c1c(C)ccc2ccccc12. The molecule has 0 amide bonds. The minimum absolute atomic E-state index is 0.0268. The summed E-state index contributed by atoms with van der Waals surface area (Å²) in [5, 5.41) is 2.65. The summed E-state index contributed by atoms with van der Waals surface area (Å²) in [6.45, 7) is 11.8. The first-order valence-electron chi connectivity index (χ1n) is 6.98. The molecule has 0 atom stereocenters. The highest BCUT2D eigenvalue weighted by atomic mass is 14.7. The van der Waals surface area contributed by atoms with Crippen LogP contribution in [0.4, 0.5) is 0 Å². The molecular formula is C18H23N. The zero-order valence-electron chi connectivity index (χ0n) is 12.6. The van der Waals surface area contributed by atoms with Gasteiger partial charge in [-0.15, -0.1) is 0 Å². The Morgan fingerprint density at radius 2 is 1.79 bits per heavy atom. The topological polar surface area (TPSA) is 12.4 Å². The molecule has 0 aliphatic heterocycles. The van der Waals surface area contributed by atoms with Crippen molar-refractivity contribution in [2.75, 3.05) is 6.54 Å². The Morgan fingerprint density at radius 1 is 1.11 bits per heavy atom. The van der Waals surface area contributed by atoms with Crippen LogP contribution >= 0.6 is 0 Å². The second-order valence-corrected chi connectivity index (χ2v) is 5.66. The standard InChI is InChI=1S/C18H23N/c1-6-19-14(3)18(4,5)17-13(2)11-12-15-9-7-8-10-16(15)17/h7-12H,6H2,1-5H3. The van der Waals surface area contributed by atoms with Gasteiger partial charge < -0.3 is 0 Å². The molecule has 0 radical (unpaired) electrons. The molecule has 0 N–H and O–H groups in total. The number of hydrogen-bond donors (Lipinski definition) is 0. The van der Waals surface area contributed by atoms with Gasteiger partial charge in [0.25, 0.3) is 0 Å². The molecule has 2 aromatic carbocycles. The summed E-state index contributed by atoms with van der Waals surface area (Å²) >= 11 is 0. The van der Waals surface area contributed by atoms with Crippen LogP contribution in [-0.2, 0) is 5.41 Å². The van der Waals surface area contributed by atoms with Crippen molar-refractivity contribution in [3.63, 3.8) is 0 Å². The van der Waals surface area contributed by atoms with Gasteiger partial charge in [-0.25, -0.2) is 0 Å². The van der Waals surface area contributed by atoms with Crippen LogP contribution in [0.1, 0.15) is 38.8 Å². The molecular weight excluding hydrogens is 230 g/mol. The Kier molecular flexibility index (Phi) is 3.75. The van der Waals surface area contributed by atoms with E-state index >= 15 is 0 Å². The second kappa shape index (κ2) is 5.16. The van der Waals surface area contributed by atoms with E-state index in [1.54, 1.807) is 0 Å².